The van der Waals surface area contributed by atoms with E-state index in [1.807, 2.05) is 0 Å². The summed E-state index contributed by atoms with van der Waals surface area (Å²) < 4.78 is 12.1. The van der Waals surface area contributed by atoms with Crippen molar-refractivity contribution < 1.29 is 9.47 Å². The summed E-state index contributed by atoms with van der Waals surface area (Å²) in [7, 11) is 0. The molecule has 1 aliphatic carbocycles. The van der Waals surface area contributed by atoms with E-state index in [-0.39, 0.29) is 11.7 Å². The van der Waals surface area contributed by atoms with Crippen LogP contribution in [0.1, 0.15) is 72.6 Å². The summed E-state index contributed by atoms with van der Waals surface area (Å²) in [6.07, 6.45) is 9.47. The fraction of sp³-hybridized carbons (Fsp3) is 1.00. The Bertz CT molecular complexity index is 195. The van der Waals surface area contributed by atoms with Crippen molar-refractivity contribution in [3.8, 4) is 0 Å². The zero-order valence-corrected chi connectivity index (χ0v) is 12.1. The highest BCUT2D eigenvalue weighted by atomic mass is 16.6. The molecule has 0 aromatic carbocycles. The second-order valence-corrected chi connectivity index (χ2v) is 5.84. The van der Waals surface area contributed by atoms with Crippen molar-refractivity contribution in [1.82, 2.24) is 0 Å². The molecular weight excluding hydrogens is 212 g/mol. The van der Waals surface area contributed by atoms with E-state index in [2.05, 4.69) is 27.7 Å². The summed E-state index contributed by atoms with van der Waals surface area (Å²) in [5, 5.41) is 0. The second-order valence-electron chi connectivity index (χ2n) is 5.84. The molecule has 1 aliphatic rings. The molecule has 0 aromatic heterocycles. The van der Waals surface area contributed by atoms with Crippen molar-refractivity contribution in [2.75, 3.05) is 6.61 Å². The van der Waals surface area contributed by atoms with Gasteiger partial charge in [0.05, 0.1) is 17.8 Å². The molecule has 0 radical (unpaired) electrons. The fourth-order valence-corrected chi connectivity index (χ4v) is 2.25. The smallest absolute Gasteiger partial charge is 0.0884 e. The summed E-state index contributed by atoms with van der Waals surface area (Å²) in [6.45, 7) is 9.49. The van der Waals surface area contributed by atoms with Crippen molar-refractivity contribution in [3.63, 3.8) is 0 Å². The molecule has 1 unspecified atom stereocenters. The molecule has 2 heteroatoms. The lowest BCUT2D eigenvalue weighted by Crippen LogP contribution is -2.41. The van der Waals surface area contributed by atoms with Crippen LogP contribution in [-0.4, -0.2) is 24.4 Å². The van der Waals surface area contributed by atoms with E-state index in [0.717, 1.165) is 13.0 Å². The molecule has 0 amide bonds. The summed E-state index contributed by atoms with van der Waals surface area (Å²) in [6, 6.07) is 0. The molecular formula is C15H30O2. The third-order valence-electron chi connectivity index (χ3n) is 3.90. The molecule has 1 saturated carbocycles. The van der Waals surface area contributed by atoms with E-state index in [1.54, 1.807) is 0 Å². The van der Waals surface area contributed by atoms with Gasteiger partial charge in [0.25, 0.3) is 0 Å². The minimum absolute atomic E-state index is 0.160. The molecule has 0 spiro atoms. The Kier molecular flexibility index (Phi) is 6.50. The van der Waals surface area contributed by atoms with Crippen LogP contribution in [0.4, 0.5) is 0 Å². The summed E-state index contributed by atoms with van der Waals surface area (Å²) in [5.74, 6) is 0. The van der Waals surface area contributed by atoms with E-state index < -0.39 is 0 Å². The second kappa shape index (κ2) is 7.38. The first-order chi connectivity index (χ1) is 8.06. The van der Waals surface area contributed by atoms with Gasteiger partial charge in [0.15, 0.2) is 0 Å². The highest BCUT2D eigenvalue weighted by Crippen LogP contribution is 2.26. The molecule has 0 bridgehead atoms. The largest absolute Gasteiger partial charge is 0.373 e. The molecule has 0 heterocycles. The van der Waals surface area contributed by atoms with E-state index in [0.29, 0.717) is 6.10 Å². The topological polar surface area (TPSA) is 18.5 Å². The lowest BCUT2D eigenvalue weighted by molar-refractivity contribution is -0.146. The third-order valence-corrected chi connectivity index (χ3v) is 3.90. The van der Waals surface area contributed by atoms with Gasteiger partial charge in [-0.15, -0.1) is 0 Å². The van der Waals surface area contributed by atoms with E-state index in [9.17, 15) is 0 Å². The predicted octanol–water partition coefficient (Wildman–Crippen LogP) is 4.32. The van der Waals surface area contributed by atoms with Gasteiger partial charge in [-0.1, -0.05) is 32.6 Å². The van der Waals surface area contributed by atoms with E-state index in [1.165, 1.54) is 38.5 Å². The SMILES string of the molecule is CCCCOC(C)(C)C(C)OC1CCCCC1. The average Bonchev–Trinajstić information content (AvgIpc) is 2.30. The van der Waals surface area contributed by atoms with E-state index in [4.69, 9.17) is 9.47 Å². The van der Waals surface area contributed by atoms with E-state index >= 15 is 0 Å². The number of hydrogen-bond donors (Lipinski definition) is 0. The normalized spacial score (nSPS) is 20.5. The zero-order valence-electron chi connectivity index (χ0n) is 12.1. The number of hydrogen-bond acceptors (Lipinski definition) is 2. The molecule has 2 nitrogen and oxygen atoms in total. The van der Waals surface area contributed by atoms with Crippen LogP contribution in [-0.2, 0) is 9.47 Å². The minimum Gasteiger partial charge on any atom is -0.373 e. The van der Waals surface area contributed by atoms with Crippen molar-refractivity contribution in [1.29, 1.82) is 0 Å². The first-order valence-electron chi connectivity index (χ1n) is 7.35. The molecule has 0 N–H and O–H groups in total. The molecule has 0 aromatic rings. The first kappa shape index (κ1) is 15.0. The maximum Gasteiger partial charge on any atom is 0.0884 e. The van der Waals surface area contributed by atoms with Gasteiger partial charge in [-0.05, 0) is 40.0 Å². The van der Waals surface area contributed by atoms with Crippen LogP contribution >= 0.6 is 0 Å². The summed E-state index contributed by atoms with van der Waals surface area (Å²) >= 11 is 0. The van der Waals surface area contributed by atoms with Gasteiger partial charge in [0.1, 0.15) is 0 Å². The van der Waals surface area contributed by atoms with Gasteiger partial charge < -0.3 is 9.47 Å². The average molecular weight is 242 g/mol. The summed E-state index contributed by atoms with van der Waals surface area (Å²) in [5.41, 5.74) is -0.160. The standard InChI is InChI=1S/C15H30O2/c1-5-6-12-16-15(3,4)13(2)17-14-10-8-7-9-11-14/h13-14H,5-12H2,1-4H3. The van der Waals surface area contributed by atoms with Crippen LogP contribution < -0.4 is 0 Å². The van der Waals surface area contributed by atoms with Gasteiger partial charge in [-0.25, -0.2) is 0 Å². The number of ether oxygens (including phenoxy) is 2. The van der Waals surface area contributed by atoms with Crippen LogP contribution in [0.5, 0.6) is 0 Å². The molecule has 1 rings (SSSR count). The van der Waals surface area contributed by atoms with Crippen molar-refractivity contribution in [3.05, 3.63) is 0 Å². The lowest BCUT2D eigenvalue weighted by atomic mass is 9.96. The molecule has 17 heavy (non-hydrogen) atoms. The Morgan fingerprint density at radius 2 is 1.82 bits per heavy atom. The quantitative estimate of drug-likeness (QED) is 0.619. The third kappa shape index (κ3) is 5.39. The Hall–Kier alpha value is -0.0800. The van der Waals surface area contributed by atoms with Crippen LogP contribution in [0.2, 0.25) is 0 Å². The van der Waals surface area contributed by atoms with Crippen LogP contribution in [0, 0.1) is 0 Å². The molecule has 0 aliphatic heterocycles. The number of rotatable bonds is 7. The number of unbranched alkanes of at least 4 members (excludes halogenated alkanes) is 1. The van der Waals surface area contributed by atoms with Gasteiger partial charge in [-0.2, -0.15) is 0 Å². The first-order valence-corrected chi connectivity index (χ1v) is 7.35. The highest BCUT2D eigenvalue weighted by Gasteiger charge is 2.30. The van der Waals surface area contributed by atoms with Gasteiger partial charge in [0.2, 0.25) is 0 Å². The Morgan fingerprint density at radius 1 is 1.18 bits per heavy atom. The Balaban J connectivity index is 2.30. The van der Waals surface area contributed by atoms with Crippen LogP contribution in [0.25, 0.3) is 0 Å². The van der Waals surface area contributed by atoms with Crippen molar-refractivity contribution in [2.24, 2.45) is 0 Å². The monoisotopic (exact) mass is 242 g/mol. The molecule has 1 fully saturated rings. The molecule has 1 atom stereocenters. The van der Waals surface area contributed by atoms with Gasteiger partial charge in [0, 0.05) is 6.61 Å². The zero-order chi connectivity index (χ0) is 12.7. The minimum atomic E-state index is -0.160. The van der Waals surface area contributed by atoms with Crippen LogP contribution in [0.15, 0.2) is 0 Å². The van der Waals surface area contributed by atoms with Gasteiger partial charge in [-0.3, -0.25) is 0 Å². The fourth-order valence-electron chi connectivity index (χ4n) is 2.25. The highest BCUT2D eigenvalue weighted by molar-refractivity contribution is 4.79. The summed E-state index contributed by atoms with van der Waals surface area (Å²) in [4.78, 5) is 0. The molecule has 102 valence electrons. The maximum absolute atomic E-state index is 6.16. The van der Waals surface area contributed by atoms with Gasteiger partial charge >= 0.3 is 0 Å². The van der Waals surface area contributed by atoms with Crippen molar-refractivity contribution >= 4 is 0 Å². The predicted molar refractivity (Wildman–Crippen MR) is 72.4 cm³/mol. The maximum atomic E-state index is 6.16. The van der Waals surface area contributed by atoms with Crippen LogP contribution in [0.3, 0.4) is 0 Å². The molecule has 0 saturated heterocycles. The lowest BCUT2D eigenvalue weighted by Gasteiger charge is -2.35. The Morgan fingerprint density at radius 3 is 2.41 bits per heavy atom. The van der Waals surface area contributed by atoms with Crippen molar-refractivity contribution in [2.45, 2.75) is 90.4 Å². The Labute approximate surface area is 107 Å².